The first-order valence-electron chi connectivity index (χ1n) is 6.23. The maximum Gasteiger partial charge on any atom is 0.203 e. The lowest BCUT2D eigenvalue weighted by molar-refractivity contribution is 0.628. The molecule has 0 spiro atoms. The van der Waals surface area contributed by atoms with Gasteiger partial charge in [-0.05, 0) is 36.4 Å². The fraction of sp³-hybridized carbons (Fsp3) is 0. The van der Waals surface area contributed by atoms with Crippen LogP contribution in [0.3, 0.4) is 0 Å². The predicted octanol–water partition coefficient (Wildman–Crippen LogP) is 3.79. The molecule has 2 heterocycles. The fourth-order valence-electron chi connectivity index (χ4n) is 1.68. The van der Waals surface area contributed by atoms with Crippen molar-refractivity contribution in [3.8, 4) is 11.3 Å². The Morgan fingerprint density at radius 1 is 1.14 bits per heavy atom. The van der Waals surface area contributed by atoms with Crippen molar-refractivity contribution in [2.45, 2.75) is 0 Å². The molecule has 0 aliphatic rings. The van der Waals surface area contributed by atoms with Gasteiger partial charge >= 0.3 is 0 Å². The molecule has 2 aromatic heterocycles. The largest absolute Gasteiger partial charge is 0.255 e. The van der Waals surface area contributed by atoms with E-state index in [0.717, 1.165) is 17.0 Å². The van der Waals surface area contributed by atoms with Crippen molar-refractivity contribution in [2.75, 3.05) is 5.43 Å². The minimum Gasteiger partial charge on any atom is -0.255 e. The average molecular weight is 298 g/mol. The third-order valence-corrected chi connectivity index (χ3v) is 3.44. The average Bonchev–Trinajstić information content (AvgIpc) is 2.98. The molecule has 104 valence electrons. The summed E-state index contributed by atoms with van der Waals surface area (Å²) in [7, 11) is 0. The van der Waals surface area contributed by atoms with E-state index in [2.05, 4.69) is 20.5 Å². The van der Waals surface area contributed by atoms with Gasteiger partial charge in [0, 0.05) is 17.1 Å². The highest BCUT2D eigenvalue weighted by atomic mass is 32.1. The second-order valence-electron chi connectivity index (χ2n) is 4.17. The highest BCUT2D eigenvalue weighted by Crippen LogP contribution is 2.24. The van der Waals surface area contributed by atoms with Crippen molar-refractivity contribution in [1.29, 1.82) is 0 Å². The number of nitrogens with one attached hydrogen (secondary N) is 1. The molecule has 0 amide bonds. The van der Waals surface area contributed by atoms with Crippen LogP contribution in [0.1, 0.15) is 5.69 Å². The van der Waals surface area contributed by atoms with Gasteiger partial charge in [-0.15, -0.1) is 11.3 Å². The van der Waals surface area contributed by atoms with Gasteiger partial charge in [0.25, 0.3) is 0 Å². The van der Waals surface area contributed by atoms with Crippen molar-refractivity contribution in [1.82, 2.24) is 9.97 Å². The molecule has 0 atom stereocenters. The summed E-state index contributed by atoms with van der Waals surface area (Å²) < 4.78 is 12.9. The third-order valence-electron chi connectivity index (χ3n) is 2.69. The van der Waals surface area contributed by atoms with Gasteiger partial charge in [0.1, 0.15) is 5.82 Å². The molecular formula is C15H11FN4S. The fourth-order valence-corrected chi connectivity index (χ4v) is 2.35. The van der Waals surface area contributed by atoms with Gasteiger partial charge in [0.15, 0.2) is 0 Å². The molecule has 0 radical (unpaired) electrons. The summed E-state index contributed by atoms with van der Waals surface area (Å²) >= 11 is 1.43. The Morgan fingerprint density at radius 3 is 2.76 bits per heavy atom. The van der Waals surface area contributed by atoms with Crippen LogP contribution in [0.25, 0.3) is 11.3 Å². The van der Waals surface area contributed by atoms with Gasteiger partial charge < -0.3 is 0 Å². The Morgan fingerprint density at radius 2 is 2.00 bits per heavy atom. The van der Waals surface area contributed by atoms with Crippen LogP contribution >= 0.6 is 11.3 Å². The van der Waals surface area contributed by atoms with Crippen LogP contribution in [-0.2, 0) is 0 Å². The lowest BCUT2D eigenvalue weighted by Crippen LogP contribution is -1.91. The first-order valence-corrected chi connectivity index (χ1v) is 7.11. The van der Waals surface area contributed by atoms with E-state index in [-0.39, 0.29) is 5.82 Å². The smallest absolute Gasteiger partial charge is 0.203 e. The molecule has 3 rings (SSSR count). The summed E-state index contributed by atoms with van der Waals surface area (Å²) in [5, 5.41) is 6.65. The predicted molar refractivity (Wildman–Crippen MR) is 83.0 cm³/mol. The van der Waals surface area contributed by atoms with Crippen molar-refractivity contribution < 1.29 is 4.39 Å². The molecule has 0 aliphatic heterocycles. The van der Waals surface area contributed by atoms with Crippen molar-refractivity contribution in [3.63, 3.8) is 0 Å². The zero-order valence-electron chi connectivity index (χ0n) is 10.9. The maximum absolute atomic E-state index is 12.9. The summed E-state index contributed by atoms with van der Waals surface area (Å²) in [5.41, 5.74) is 5.28. The standard InChI is InChI=1S/C15H11FN4S/c16-12-6-4-11(5-7-12)14-10-21-15(19-14)20-18-9-13-3-1-2-8-17-13/h1-10H,(H,19,20)/b18-9+. The van der Waals surface area contributed by atoms with Crippen LogP contribution in [0.5, 0.6) is 0 Å². The molecule has 0 unspecified atom stereocenters. The van der Waals surface area contributed by atoms with Crippen LogP contribution < -0.4 is 5.43 Å². The Balaban J connectivity index is 1.68. The van der Waals surface area contributed by atoms with E-state index in [4.69, 9.17) is 0 Å². The zero-order valence-corrected chi connectivity index (χ0v) is 11.7. The minimum absolute atomic E-state index is 0.257. The van der Waals surface area contributed by atoms with Gasteiger partial charge in [0.2, 0.25) is 5.13 Å². The quantitative estimate of drug-likeness (QED) is 0.589. The van der Waals surface area contributed by atoms with E-state index in [0.29, 0.717) is 5.13 Å². The van der Waals surface area contributed by atoms with E-state index < -0.39 is 0 Å². The summed E-state index contributed by atoms with van der Waals surface area (Å²) in [5.74, 6) is -0.257. The number of pyridine rings is 1. The molecule has 21 heavy (non-hydrogen) atoms. The summed E-state index contributed by atoms with van der Waals surface area (Å²) in [6.07, 6.45) is 3.33. The number of rotatable bonds is 4. The van der Waals surface area contributed by atoms with E-state index in [1.165, 1.54) is 23.5 Å². The van der Waals surface area contributed by atoms with Gasteiger partial charge in [-0.25, -0.2) is 9.37 Å². The lowest BCUT2D eigenvalue weighted by Gasteiger charge is -1.96. The molecule has 6 heteroatoms. The van der Waals surface area contributed by atoms with Crippen LogP contribution in [0, 0.1) is 5.82 Å². The molecule has 3 aromatic rings. The summed E-state index contributed by atoms with van der Waals surface area (Å²) in [6.45, 7) is 0. The Hall–Kier alpha value is -2.60. The second kappa shape index (κ2) is 6.23. The normalized spacial score (nSPS) is 10.9. The van der Waals surface area contributed by atoms with E-state index in [1.54, 1.807) is 24.5 Å². The number of thiazole rings is 1. The number of aromatic nitrogens is 2. The maximum atomic E-state index is 12.9. The topological polar surface area (TPSA) is 50.2 Å². The number of nitrogens with zero attached hydrogens (tertiary/aromatic N) is 3. The highest BCUT2D eigenvalue weighted by Gasteiger charge is 2.03. The SMILES string of the molecule is Fc1ccc(-c2csc(N/N=C/c3ccccn3)n2)cc1. The summed E-state index contributed by atoms with van der Waals surface area (Å²) in [4.78, 5) is 8.52. The number of hydrogen-bond donors (Lipinski definition) is 1. The van der Waals surface area contributed by atoms with Crippen molar-refractivity contribution >= 4 is 22.7 Å². The number of hydrazone groups is 1. The molecule has 4 nitrogen and oxygen atoms in total. The second-order valence-corrected chi connectivity index (χ2v) is 5.03. The first kappa shape index (κ1) is 13.4. The molecule has 0 bridgehead atoms. The number of anilines is 1. The van der Waals surface area contributed by atoms with Crippen LogP contribution in [-0.4, -0.2) is 16.2 Å². The first-order chi connectivity index (χ1) is 10.3. The van der Waals surface area contributed by atoms with Gasteiger partial charge in [-0.3, -0.25) is 10.4 Å². The molecule has 1 aromatic carbocycles. The van der Waals surface area contributed by atoms with E-state index >= 15 is 0 Å². The Bertz CT molecular complexity index is 738. The minimum atomic E-state index is -0.257. The van der Waals surface area contributed by atoms with Crippen molar-refractivity contribution in [2.24, 2.45) is 5.10 Å². The number of hydrogen-bond acceptors (Lipinski definition) is 5. The molecule has 0 fully saturated rings. The molecule has 0 aliphatic carbocycles. The van der Waals surface area contributed by atoms with E-state index in [9.17, 15) is 4.39 Å². The molecule has 0 saturated heterocycles. The van der Waals surface area contributed by atoms with Gasteiger partial charge in [-0.2, -0.15) is 5.10 Å². The summed E-state index contributed by atoms with van der Waals surface area (Å²) in [6, 6.07) is 11.8. The molecule has 1 N–H and O–H groups in total. The van der Waals surface area contributed by atoms with Gasteiger partial charge in [0.05, 0.1) is 17.6 Å². The monoisotopic (exact) mass is 298 g/mol. The van der Waals surface area contributed by atoms with Gasteiger partial charge in [-0.1, -0.05) is 6.07 Å². The molecule has 0 saturated carbocycles. The van der Waals surface area contributed by atoms with Crippen molar-refractivity contribution in [3.05, 3.63) is 65.6 Å². The number of benzene rings is 1. The van der Waals surface area contributed by atoms with Crippen LogP contribution in [0.15, 0.2) is 59.1 Å². The van der Waals surface area contributed by atoms with Crippen LogP contribution in [0.4, 0.5) is 9.52 Å². The number of halogens is 1. The highest BCUT2D eigenvalue weighted by molar-refractivity contribution is 7.14. The third kappa shape index (κ3) is 3.49. The Labute approximate surface area is 125 Å². The Kier molecular flexibility index (Phi) is 3.97. The lowest BCUT2D eigenvalue weighted by atomic mass is 10.2. The van der Waals surface area contributed by atoms with Crippen LogP contribution in [0.2, 0.25) is 0 Å². The van der Waals surface area contributed by atoms with E-state index in [1.807, 2.05) is 23.6 Å². The zero-order chi connectivity index (χ0) is 14.5. The molecular weight excluding hydrogens is 287 g/mol.